The van der Waals surface area contributed by atoms with E-state index in [0.717, 1.165) is 5.56 Å². The lowest BCUT2D eigenvalue weighted by Crippen LogP contribution is -2.52. The van der Waals surface area contributed by atoms with Gasteiger partial charge in [0.05, 0.1) is 20.1 Å². The van der Waals surface area contributed by atoms with Gasteiger partial charge in [-0.05, 0) is 11.6 Å². The van der Waals surface area contributed by atoms with Gasteiger partial charge in [-0.3, -0.25) is 15.0 Å². The van der Waals surface area contributed by atoms with Gasteiger partial charge in [-0.25, -0.2) is 9.80 Å². The zero-order chi connectivity index (χ0) is 18.2. The Balaban J connectivity index is 1.93. The normalized spacial score (nSPS) is 14.1. The number of hydrazine groups is 1. The minimum absolute atomic E-state index is 0.0439. The third-order valence-electron chi connectivity index (χ3n) is 3.43. The smallest absolute Gasteiger partial charge is 0.408 e. The van der Waals surface area contributed by atoms with Gasteiger partial charge in [-0.1, -0.05) is 30.3 Å². The van der Waals surface area contributed by atoms with Gasteiger partial charge in [0.15, 0.2) is 0 Å². The molecule has 9 nitrogen and oxygen atoms in total. The molecular weight excluding hydrogens is 328 g/mol. The second-order valence-electron chi connectivity index (χ2n) is 5.26. The fraction of sp³-hybridized carbons (Fsp3) is 0.312. The van der Waals surface area contributed by atoms with E-state index in [2.05, 4.69) is 15.5 Å². The molecule has 0 aromatic heterocycles. The number of hydrogen-bond donors (Lipinski definition) is 3. The Bertz CT molecular complexity index is 662. The quantitative estimate of drug-likeness (QED) is 0.618. The average molecular weight is 348 g/mol. The lowest BCUT2D eigenvalue weighted by Gasteiger charge is -2.23. The molecule has 0 saturated heterocycles. The van der Waals surface area contributed by atoms with Crippen molar-refractivity contribution in [1.82, 2.24) is 15.8 Å². The molecular formula is C16H20N4O5. The van der Waals surface area contributed by atoms with E-state index >= 15 is 0 Å². The molecule has 1 heterocycles. The van der Waals surface area contributed by atoms with Crippen LogP contribution in [-0.2, 0) is 25.7 Å². The molecule has 1 aliphatic heterocycles. The lowest BCUT2D eigenvalue weighted by atomic mass is 10.2. The predicted octanol–water partition coefficient (Wildman–Crippen LogP) is -0.00860. The zero-order valence-corrected chi connectivity index (χ0v) is 13.7. The number of ether oxygens (including phenoxy) is 2. The molecule has 0 spiro atoms. The van der Waals surface area contributed by atoms with Crippen molar-refractivity contribution in [3.63, 3.8) is 0 Å². The maximum Gasteiger partial charge on any atom is 0.408 e. The minimum atomic E-state index is -1.14. The van der Waals surface area contributed by atoms with E-state index in [0.29, 0.717) is 5.82 Å². The van der Waals surface area contributed by atoms with Gasteiger partial charge in [0.25, 0.3) is 5.91 Å². The SMILES string of the molecule is COC(=O)C[C@H](NC(=O)OCc1ccccc1)C(=O)N1CC=C(N)N1. The van der Waals surface area contributed by atoms with Crippen LogP contribution in [-0.4, -0.2) is 42.7 Å². The molecule has 1 aliphatic rings. The number of methoxy groups -OCH3 is 1. The summed E-state index contributed by atoms with van der Waals surface area (Å²) >= 11 is 0. The second-order valence-corrected chi connectivity index (χ2v) is 5.26. The molecule has 1 atom stereocenters. The van der Waals surface area contributed by atoms with Crippen LogP contribution in [0.15, 0.2) is 42.2 Å². The summed E-state index contributed by atoms with van der Waals surface area (Å²) in [5.74, 6) is -0.850. The number of amides is 2. The molecule has 0 radical (unpaired) electrons. The van der Waals surface area contributed by atoms with Crippen molar-refractivity contribution in [1.29, 1.82) is 0 Å². The van der Waals surface area contributed by atoms with E-state index in [1.165, 1.54) is 12.1 Å². The Morgan fingerprint density at radius 2 is 2.04 bits per heavy atom. The van der Waals surface area contributed by atoms with Crippen LogP contribution in [0.2, 0.25) is 0 Å². The highest BCUT2D eigenvalue weighted by Gasteiger charge is 2.30. The van der Waals surface area contributed by atoms with Crippen LogP contribution < -0.4 is 16.5 Å². The van der Waals surface area contributed by atoms with Crippen molar-refractivity contribution < 1.29 is 23.9 Å². The van der Waals surface area contributed by atoms with Gasteiger partial charge in [0.1, 0.15) is 18.5 Å². The summed E-state index contributed by atoms with van der Waals surface area (Å²) in [5, 5.41) is 3.58. The molecule has 2 rings (SSSR count). The van der Waals surface area contributed by atoms with Crippen LogP contribution in [0.1, 0.15) is 12.0 Å². The summed E-state index contributed by atoms with van der Waals surface area (Å²) in [6, 6.07) is 7.94. The molecule has 9 heteroatoms. The molecule has 25 heavy (non-hydrogen) atoms. The van der Waals surface area contributed by atoms with Gasteiger partial charge in [-0.15, -0.1) is 0 Å². The first-order chi connectivity index (χ1) is 12.0. The Morgan fingerprint density at radius 3 is 2.64 bits per heavy atom. The highest BCUT2D eigenvalue weighted by molar-refractivity contribution is 5.89. The Kier molecular flexibility index (Phi) is 6.21. The van der Waals surface area contributed by atoms with Crippen LogP contribution in [0.5, 0.6) is 0 Å². The van der Waals surface area contributed by atoms with Gasteiger partial charge in [0, 0.05) is 0 Å². The Hall–Kier alpha value is -3.23. The van der Waals surface area contributed by atoms with Crippen molar-refractivity contribution in [2.24, 2.45) is 5.73 Å². The summed E-state index contributed by atoms with van der Waals surface area (Å²) in [7, 11) is 1.20. The topological polar surface area (TPSA) is 123 Å². The van der Waals surface area contributed by atoms with Gasteiger partial charge < -0.3 is 20.5 Å². The van der Waals surface area contributed by atoms with E-state index in [1.54, 1.807) is 18.2 Å². The lowest BCUT2D eigenvalue weighted by molar-refractivity contribution is -0.145. The van der Waals surface area contributed by atoms with E-state index in [-0.39, 0.29) is 19.6 Å². The molecule has 0 unspecified atom stereocenters. The summed E-state index contributed by atoms with van der Waals surface area (Å²) < 4.78 is 9.64. The summed E-state index contributed by atoms with van der Waals surface area (Å²) in [6.45, 7) is 0.269. The van der Waals surface area contributed by atoms with Crippen molar-refractivity contribution >= 4 is 18.0 Å². The fourth-order valence-corrected chi connectivity index (χ4v) is 2.13. The van der Waals surface area contributed by atoms with Crippen molar-refractivity contribution in [3.8, 4) is 0 Å². The number of nitrogens with one attached hydrogen (secondary N) is 2. The molecule has 0 aliphatic carbocycles. The molecule has 0 saturated carbocycles. The third kappa shape index (κ3) is 5.41. The van der Waals surface area contributed by atoms with Crippen LogP contribution in [0.4, 0.5) is 4.79 Å². The molecule has 1 aromatic rings. The van der Waals surface area contributed by atoms with E-state index < -0.39 is 24.0 Å². The number of carbonyl (C=O) groups is 3. The molecule has 0 fully saturated rings. The first-order valence-electron chi connectivity index (χ1n) is 7.57. The number of carbonyl (C=O) groups excluding carboxylic acids is 3. The molecule has 1 aromatic carbocycles. The van der Waals surface area contributed by atoms with E-state index in [4.69, 9.17) is 10.5 Å². The third-order valence-corrected chi connectivity index (χ3v) is 3.43. The number of esters is 1. The van der Waals surface area contributed by atoms with Crippen molar-refractivity contribution in [2.45, 2.75) is 19.1 Å². The van der Waals surface area contributed by atoms with Crippen LogP contribution in [0.25, 0.3) is 0 Å². The molecule has 2 amide bonds. The standard InChI is InChI=1S/C16H20N4O5/c1-24-14(21)9-12(15(22)20-8-7-13(17)19-20)18-16(23)25-10-11-5-3-2-4-6-11/h2-7,12,19H,8-10,17H2,1H3,(H,18,23)/t12-/m0/s1. The van der Waals surface area contributed by atoms with Gasteiger partial charge in [0.2, 0.25) is 0 Å². The van der Waals surface area contributed by atoms with E-state index in [9.17, 15) is 14.4 Å². The largest absolute Gasteiger partial charge is 0.469 e. The first kappa shape index (κ1) is 18.1. The second kappa shape index (κ2) is 8.57. The maximum absolute atomic E-state index is 12.4. The maximum atomic E-state index is 12.4. The number of nitrogens with two attached hydrogens (primary N) is 1. The van der Waals surface area contributed by atoms with E-state index in [1.807, 2.05) is 18.2 Å². The van der Waals surface area contributed by atoms with Crippen LogP contribution in [0, 0.1) is 0 Å². The number of benzene rings is 1. The Labute approximate surface area is 144 Å². The Morgan fingerprint density at radius 1 is 1.32 bits per heavy atom. The summed E-state index contributed by atoms with van der Waals surface area (Å²) in [4.78, 5) is 35.9. The summed E-state index contributed by atoms with van der Waals surface area (Å²) in [5.41, 5.74) is 8.99. The monoisotopic (exact) mass is 348 g/mol. The van der Waals surface area contributed by atoms with Crippen molar-refractivity contribution in [2.75, 3.05) is 13.7 Å². The highest BCUT2D eigenvalue weighted by atomic mass is 16.5. The van der Waals surface area contributed by atoms with Crippen LogP contribution >= 0.6 is 0 Å². The predicted molar refractivity (Wildman–Crippen MR) is 87.3 cm³/mol. The molecule has 134 valence electrons. The van der Waals surface area contributed by atoms with Crippen LogP contribution in [0.3, 0.4) is 0 Å². The highest BCUT2D eigenvalue weighted by Crippen LogP contribution is 2.06. The number of nitrogens with zero attached hydrogens (tertiary/aromatic N) is 1. The fourth-order valence-electron chi connectivity index (χ4n) is 2.13. The zero-order valence-electron chi connectivity index (χ0n) is 13.7. The number of hydrogen-bond acceptors (Lipinski definition) is 7. The molecule has 0 bridgehead atoms. The number of alkyl carbamates (subject to hydrolysis) is 1. The van der Waals surface area contributed by atoms with Gasteiger partial charge in [-0.2, -0.15) is 0 Å². The number of rotatable bonds is 6. The minimum Gasteiger partial charge on any atom is -0.469 e. The van der Waals surface area contributed by atoms with Gasteiger partial charge >= 0.3 is 12.1 Å². The molecule has 4 N–H and O–H groups in total. The average Bonchev–Trinajstić information content (AvgIpc) is 3.06. The first-order valence-corrected chi connectivity index (χ1v) is 7.57. The summed E-state index contributed by atoms with van der Waals surface area (Å²) in [6.07, 6.45) is 0.459. The van der Waals surface area contributed by atoms with Crippen molar-refractivity contribution in [3.05, 3.63) is 47.8 Å².